The second-order valence-corrected chi connectivity index (χ2v) is 6.08. The van der Waals surface area contributed by atoms with Gasteiger partial charge in [-0.15, -0.1) is 0 Å². The molecule has 20 heavy (non-hydrogen) atoms. The smallest absolute Gasteiger partial charge is 0.233 e. The molecule has 1 saturated heterocycles. The Morgan fingerprint density at radius 2 is 2.15 bits per heavy atom. The molecule has 1 aromatic rings. The lowest BCUT2D eigenvalue weighted by atomic mass is 10.1. The first kappa shape index (κ1) is 14.9. The molecule has 0 saturated carbocycles. The Morgan fingerprint density at radius 1 is 1.45 bits per heavy atom. The molecule has 1 aliphatic heterocycles. The van der Waals surface area contributed by atoms with Crippen LogP contribution in [0.5, 0.6) is 0 Å². The number of benzene rings is 1. The van der Waals surface area contributed by atoms with Crippen LogP contribution in [0.15, 0.2) is 23.1 Å². The lowest BCUT2D eigenvalue weighted by molar-refractivity contribution is -0.119. The van der Waals surface area contributed by atoms with E-state index in [9.17, 15) is 13.4 Å². The molecule has 0 radical (unpaired) electrons. The molecule has 1 heterocycles. The van der Waals surface area contributed by atoms with Crippen LogP contribution in [0, 0.1) is 5.82 Å². The van der Waals surface area contributed by atoms with Gasteiger partial charge < -0.3 is 15.8 Å². The van der Waals surface area contributed by atoms with E-state index in [2.05, 4.69) is 5.32 Å². The third-order valence-corrected chi connectivity index (χ3v) is 4.39. The van der Waals surface area contributed by atoms with Gasteiger partial charge in [-0.1, -0.05) is 0 Å². The van der Waals surface area contributed by atoms with Crippen molar-refractivity contribution in [2.75, 3.05) is 24.7 Å². The lowest BCUT2D eigenvalue weighted by Gasteiger charge is -2.22. The summed E-state index contributed by atoms with van der Waals surface area (Å²) in [4.78, 5) is 12.0. The summed E-state index contributed by atoms with van der Waals surface area (Å²) in [7, 11) is -1.58. The normalized spacial score (nSPS) is 17.6. The first-order valence-electron chi connectivity index (χ1n) is 6.37. The van der Waals surface area contributed by atoms with Crippen molar-refractivity contribution in [1.82, 2.24) is 5.32 Å². The van der Waals surface area contributed by atoms with Crippen LogP contribution in [0.4, 0.5) is 10.1 Å². The molecule has 1 aliphatic rings. The molecular weight excluding hydrogens is 283 g/mol. The number of nitrogens with two attached hydrogens (primary N) is 1. The minimum Gasteiger partial charge on any atom is -0.396 e. The maximum Gasteiger partial charge on any atom is 0.233 e. The number of nitrogens with one attached hydrogen (secondary N) is 1. The van der Waals surface area contributed by atoms with E-state index >= 15 is 0 Å². The molecule has 5 nitrogen and oxygen atoms in total. The number of carbonyl (C=O) groups excluding carboxylic acids is 1. The molecule has 110 valence electrons. The summed E-state index contributed by atoms with van der Waals surface area (Å²) in [6, 6.07) is 3.99. The summed E-state index contributed by atoms with van der Waals surface area (Å²) in [5.41, 5.74) is 5.35. The summed E-state index contributed by atoms with van der Waals surface area (Å²) in [5.74, 6) is -1.10. The van der Waals surface area contributed by atoms with Gasteiger partial charge in [0.15, 0.2) is 0 Å². The van der Waals surface area contributed by atoms with E-state index in [-0.39, 0.29) is 28.3 Å². The number of carbonyl (C=O) groups is 1. The fraction of sp³-hybridized carbons (Fsp3) is 0.462. The summed E-state index contributed by atoms with van der Waals surface area (Å²) >= 11 is 0. The van der Waals surface area contributed by atoms with E-state index in [1.807, 2.05) is 0 Å². The van der Waals surface area contributed by atoms with E-state index in [0.717, 1.165) is 18.9 Å². The Balaban J connectivity index is 1.89. The Morgan fingerprint density at radius 3 is 2.80 bits per heavy atom. The van der Waals surface area contributed by atoms with Crippen molar-refractivity contribution < 1.29 is 18.1 Å². The molecule has 3 N–H and O–H groups in total. The molecule has 1 amide bonds. The van der Waals surface area contributed by atoms with Crippen molar-refractivity contribution in [2.45, 2.75) is 23.8 Å². The van der Waals surface area contributed by atoms with Gasteiger partial charge in [-0.2, -0.15) is 0 Å². The van der Waals surface area contributed by atoms with Crippen LogP contribution in [-0.4, -0.2) is 35.1 Å². The molecule has 1 unspecified atom stereocenters. The maximum absolute atomic E-state index is 13.3. The average molecular weight is 300 g/mol. The Hall–Kier alpha value is -1.47. The number of hydrogen-bond donors (Lipinski definition) is 2. The standard InChI is InChI=1S/C13H17FN2O3S/c14-11-7-10(1-2-12(11)15)20(18)8-13(17)16-9-3-5-19-6-4-9/h1-2,7,9H,3-6,8,15H2,(H,16,17). The van der Waals surface area contributed by atoms with Crippen molar-refractivity contribution in [3.8, 4) is 0 Å². The highest BCUT2D eigenvalue weighted by atomic mass is 32.2. The van der Waals surface area contributed by atoms with Gasteiger partial charge in [-0.25, -0.2) is 4.39 Å². The van der Waals surface area contributed by atoms with Crippen molar-refractivity contribution in [1.29, 1.82) is 0 Å². The van der Waals surface area contributed by atoms with Crippen LogP contribution in [-0.2, 0) is 20.3 Å². The van der Waals surface area contributed by atoms with Crippen molar-refractivity contribution in [3.63, 3.8) is 0 Å². The molecular formula is C13H17FN2O3S. The van der Waals surface area contributed by atoms with Gasteiger partial charge in [0.05, 0.1) is 16.5 Å². The average Bonchev–Trinajstić information content (AvgIpc) is 2.42. The zero-order chi connectivity index (χ0) is 14.5. The van der Waals surface area contributed by atoms with Gasteiger partial charge in [0, 0.05) is 24.2 Å². The number of rotatable bonds is 4. The summed E-state index contributed by atoms with van der Waals surface area (Å²) in [5, 5.41) is 2.82. The quantitative estimate of drug-likeness (QED) is 0.806. The second kappa shape index (κ2) is 6.81. The topological polar surface area (TPSA) is 81.4 Å². The van der Waals surface area contributed by atoms with E-state index in [0.29, 0.717) is 13.2 Å². The third kappa shape index (κ3) is 4.01. The monoisotopic (exact) mass is 300 g/mol. The van der Waals surface area contributed by atoms with Crippen molar-refractivity contribution in [3.05, 3.63) is 24.0 Å². The molecule has 1 atom stereocenters. The number of amides is 1. The molecule has 1 fully saturated rings. The number of ether oxygens (including phenoxy) is 1. The summed E-state index contributed by atoms with van der Waals surface area (Å²) in [6.07, 6.45) is 1.52. The van der Waals surface area contributed by atoms with Crippen LogP contribution in [0.2, 0.25) is 0 Å². The molecule has 0 spiro atoms. The maximum atomic E-state index is 13.3. The largest absolute Gasteiger partial charge is 0.396 e. The van der Waals surface area contributed by atoms with E-state index in [1.165, 1.54) is 12.1 Å². The van der Waals surface area contributed by atoms with Crippen LogP contribution in [0.1, 0.15) is 12.8 Å². The van der Waals surface area contributed by atoms with Crippen molar-refractivity contribution >= 4 is 22.4 Å². The van der Waals surface area contributed by atoms with Gasteiger partial charge in [-0.05, 0) is 31.0 Å². The summed E-state index contributed by atoms with van der Waals surface area (Å²) in [6.45, 7) is 1.24. The van der Waals surface area contributed by atoms with Gasteiger partial charge in [-0.3, -0.25) is 9.00 Å². The molecule has 0 aliphatic carbocycles. The first-order chi connectivity index (χ1) is 9.56. The predicted octanol–water partition coefficient (Wildman–Crippen LogP) is 0.811. The molecule has 2 rings (SSSR count). The molecule has 7 heteroatoms. The van der Waals surface area contributed by atoms with Crippen LogP contribution in [0.25, 0.3) is 0 Å². The number of hydrogen-bond acceptors (Lipinski definition) is 4. The van der Waals surface area contributed by atoms with Crippen molar-refractivity contribution in [2.24, 2.45) is 0 Å². The first-order valence-corrected chi connectivity index (χ1v) is 7.68. The van der Waals surface area contributed by atoms with Gasteiger partial charge in [0.25, 0.3) is 0 Å². The second-order valence-electron chi connectivity index (χ2n) is 4.63. The fourth-order valence-corrected chi connectivity index (χ4v) is 2.91. The van der Waals surface area contributed by atoms with E-state index < -0.39 is 16.6 Å². The Kier molecular flexibility index (Phi) is 5.08. The zero-order valence-electron chi connectivity index (χ0n) is 10.9. The number of nitrogen functional groups attached to an aromatic ring is 1. The zero-order valence-corrected chi connectivity index (χ0v) is 11.7. The third-order valence-electron chi connectivity index (χ3n) is 3.08. The van der Waals surface area contributed by atoms with Gasteiger partial charge in [0.2, 0.25) is 5.91 Å². The molecule has 1 aromatic carbocycles. The molecule has 0 bridgehead atoms. The highest BCUT2D eigenvalue weighted by molar-refractivity contribution is 7.85. The lowest BCUT2D eigenvalue weighted by Crippen LogP contribution is -2.40. The van der Waals surface area contributed by atoms with Crippen LogP contribution >= 0.6 is 0 Å². The minimum absolute atomic E-state index is 0.00240. The van der Waals surface area contributed by atoms with Gasteiger partial charge >= 0.3 is 0 Å². The highest BCUT2D eigenvalue weighted by Gasteiger charge is 2.18. The SMILES string of the molecule is Nc1ccc(S(=O)CC(=O)NC2CCOCC2)cc1F. The van der Waals surface area contributed by atoms with E-state index in [4.69, 9.17) is 10.5 Å². The highest BCUT2D eigenvalue weighted by Crippen LogP contribution is 2.15. The van der Waals surface area contributed by atoms with Crippen LogP contribution < -0.4 is 11.1 Å². The van der Waals surface area contributed by atoms with E-state index in [1.54, 1.807) is 0 Å². The fourth-order valence-electron chi connectivity index (χ4n) is 1.96. The summed E-state index contributed by atoms with van der Waals surface area (Å²) < 4.78 is 30.4. The van der Waals surface area contributed by atoms with Crippen LogP contribution in [0.3, 0.4) is 0 Å². The number of halogens is 1. The Bertz CT molecular complexity index is 518. The minimum atomic E-state index is -1.58. The number of anilines is 1. The van der Waals surface area contributed by atoms with Gasteiger partial charge in [0.1, 0.15) is 11.6 Å². The predicted molar refractivity (Wildman–Crippen MR) is 74.1 cm³/mol. The molecule has 0 aromatic heterocycles. The Labute approximate surface area is 119 Å².